The van der Waals surface area contributed by atoms with Gasteiger partial charge in [0.2, 0.25) is 0 Å². The van der Waals surface area contributed by atoms with Crippen LogP contribution >= 0.6 is 7.45 Å². The van der Waals surface area contributed by atoms with Crippen molar-refractivity contribution in [3.63, 3.8) is 0 Å². The number of benzene rings is 4. The zero-order valence-corrected chi connectivity index (χ0v) is 13.2. The lowest BCUT2D eigenvalue weighted by molar-refractivity contribution is 0.558. The first kappa shape index (κ1) is 14.2. The molecule has 0 heterocycles. The van der Waals surface area contributed by atoms with Gasteiger partial charge in [-0.25, -0.2) is 0 Å². The van der Waals surface area contributed by atoms with Gasteiger partial charge in [0.05, 0.1) is 0 Å². The molecule has 0 bridgehead atoms. The molecular weight excluding hydrogens is 306 g/mol. The van der Waals surface area contributed by atoms with Crippen molar-refractivity contribution in [3.05, 3.63) is 84.9 Å². The molecule has 0 aliphatic rings. The van der Waals surface area contributed by atoms with Crippen molar-refractivity contribution in [2.24, 2.45) is 0 Å². The first-order chi connectivity index (χ1) is 11.1. The van der Waals surface area contributed by atoms with Crippen LogP contribution in [0, 0.1) is 0 Å². The molecule has 0 fully saturated rings. The first-order valence-corrected chi connectivity index (χ1v) is 9.03. The van der Waals surface area contributed by atoms with Gasteiger partial charge in [-0.1, -0.05) is 60.7 Å². The average Bonchev–Trinajstić information content (AvgIpc) is 2.61. The van der Waals surface area contributed by atoms with E-state index in [0.29, 0.717) is 0 Å². The van der Waals surface area contributed by atoms with E-state index in [-0.39, 0.29) is 10.6 Å². The van der Waals surface area contributed by atoms with E-state index in [1.54, 1.807) is 24.3 Å². The SMILES string of the molecule is O=P(F)(c1ccc2ccccc2c1)c1ccc2ccccc2c1. The molecule has 23 heavy (non-hydrogen) atoms. The van der Waals surface area contributed by atoms with E-state index in [0.717, 1.165) is 21.5 Å². The molecule has 0 aliphatic carbocycles. The van der Waals surface area contributed by atoms with E-state index in [2.05, 4.69) is 0 Å². The quantitative estimate of drug-likeness (QED) is 0.464. The van der Waals surface area contributed by atoms with Gasteiger partial charge in [0.25, 0.3) is 7.45 Å². The predicted octanol–water partition coefficient (Wildman–Crippen LogP) is 5.19. The van der Waals surface area contributed by atoms with Crippen LogP contribution in [0.3, 0.4) is 0 Å². The smallest absolute Gasteiger partial charge is 0.277 e. The Kier molecular flexibility index (Phi) is 3.28. The number of rotatable bonds is 2. The Balaban J connectivity index is 1.87. The largest absolute Gasteiger partial charge is 0.300 e. The molecule has 0 amide bonds. The number of hydrogen-bond donors (Lipinski definition) is 0. The number of fused-ring (bicyclic) bond motifs is 2. The molecule has 0 spiro atoms. The van der Waals surface area contributed by atoms with Crippen LogP contribution in [-0.2, 0) is 4.57 Å². The van der Waals surface area contributed by atoms with Gasteiger partial charge >= 0.3 is 0 Å². The minimum absolute atomic E-state index is 0.242. The molecule has 3 heteroatoms. The molecule has 4 aromatic carbocycles. The molecule has 0 aromatic heterocycles. The first-order valence-electron chi connectivity index (χ1n) is 7.43. The van der Waals surface area contributed by atoms with Crippen LogP contribution < -0.4 is 10.6 Å². The molecule has 0 N–H and O–H groups in total. The van der Waals surface area contributed by atoms with Crippen molar-refractivity contribution in [2.45, 2.75) is 0 Å². The molecule has 112 valence electrons. The maximum atomic E-state index is 15.2. The fourth-order valence-corrected chi connectivity index (χ4v) is 4.30. The molecule has 1 nitrogen and oxygen atoms in total. The molecule has 4 aromatic rings. The summed E-state index contributed by atoms with van der Waals surface area (Å²) >= 11 is 0. The molecule has 4 rings (SSSR count). The van der Waals surface area contributed by atoms with Crippen molar-refractivity contribution < 1.29 is 8.76 Å². The standard InChI is InChI=1S/C20H14FOP/c21-23(22,19-11-9-15-5-1-3-7-17(15)13-19)20-12-10-16-6-2-4-8-18(16)14-20/h1-14H. The van der Waals surface area contributed by atoms with Crippen LogP contribution in [0.25, 0.3) is 21.5 Å². The second kappa shape index (κ2) is 5.33. The zero-order valence-electron chi connectivity index (χ0n) is 12.3. The summed E-state index contributed by atoms with van der Waals surface area (Å²) in [6.45, 7) is 0. The van der Waals surface area contributed by atoms with Gasteiger partial charge in [0.15, 0.2) is 0 Å². The summed E-state index contributed by atoms with van der Waals surface area (Å²) < 4.78 is 28.0. The number of halogens is 1. The summed E-state index contributed by atoms with van der Waals surface area (Å²) in [4.78, 5) is 0. The van der Waals surface area contributed by atoms with Crippen LogP contribution in [0.4, 0.5) is 4.20 Å². The summed E-state index contributed by atoms with van der Waals surface area (Å²) in [7, 11) is -4.11. The van der Waals surface area contributed by atoms with Crippen molar-refractivity contribution in [2.75, 3.05) is 0 Å². The molecule has 0 saturated carbocycles. The van der Waals surface area contributed by atoms with Crippen LogP contribution in [0.1, 0.15) is 0 Å². The molecule has 0 atom stereocenters. The number of hydrogen-bond acceptors (Lipinski definition) is 1. The summed E-state index contributed by atoms with van der Waals surface area (Å²) in [5, 5.41) is 4.29. The van der Waals surface area contributed by atoms with Gasteiger partial charge in [0.1, 0.15) is 0 Å². The Morgan fingerprint density at radius 2 is 0.957 bits per heavy atom. The van der Waals surface area contributed by atoms with Gasteiger partial charge in [-0.15, -0.1) is 0 Å². The van der Waals surface area contributed by atoms with E-state index in [9.17, 15) is 4.57 Å². The second-order valence-electron chi connectivity index (χ2n) is 5.60. The van der Waals surface area contributed by atoms with Gasteiger partial charge in [-0.3, -0.25) is 4.57 Å². The third kappa shape index (κ3) is 2.46. The third-order valence-electron chi connectivity index (χ3n) is 4.13. The monoisotopic (exact) mass is 320 g/mol. The Labute approximate surface area is 133 Å². The Morgan fingerprint density at radius 3 is 1.39 bits per heavy atom. The Morgan fingerprint density at radius 1 is 0.565 bits per heavy atom. The van der Waals surface area contributed by atoms with Crippen molar-refractivity contribution in [1.29, 1.82) is 0 Å². The minimum atomic E-state index is -4.11. The molecule has 0 radical (unpaired) electrons. The summed E-state index contributed by atoms with van der Waals surface area (Å²) in [5.74, 6) is 0. The summed E-state index contributed by atoms with van der Waals surface area (Å²) in [5.41, 5.74) is 0. The highest BCUT2D eigenvalue weighted by Gasteiger charge is 2.27. The van der Waals surface area contributed by atoms with E-state index in [4.69, 9.17) is 0 Å². The molecule has 0 saturated heterocycles. The summed E-state index contributed by atoms with van der Waals surface area (Å²) in [6.07, 6.45) is 0. The molecular formula is C20H14FOP. The van der Waals surface area contributed by atoms with Gasteiger partial charge in [-0.2, -0.15) is 4.20 Å². The minimum Gasteiger partial charge on any atom is -0.277 e. The van der Waals surface area contributed by atoms with Crippen LogP contribution in [0.2, 0.25) is 0 Å². The maximum absolute atomic E-state index is 15.2. The average molecular weight is 320 g/mol. The highest BCUT2D eigenvalue weighted by Crippen LogP contribution is 2.45. The van der Waals surface area contributed by atoms with E-state index in [1.807, 2.05) is 60.7 Å². The molecule has 0 unspecified atom stereocenters. The Bertz CT molecular complexity index is 988. The maximum Gasteiger partial charge on any atom is 0.300 e. The van der Waals surface area contributed by atoms with Gasteiger partial charge in [-0.05, 0) is 45.8 Å². The second-order valence-corrected chi connectivity index (χ2v) is 7.69. The fourth-order valence-electron chi connectivity index (χ4n) is 2.86. The van der Waals surface area contributed by atoms with Crippen molar-refractivity contribution >= 4 is 39.6 Å². The topological polar surface area (TPSA) is 17.1 Å². The third-order valence-corrected chi connectivity index (χ3v) is 6.02. The van der Waals surface area contributed by atoms with Crippen molar-refractivity contribution in [1.82, 2.24) is 0 Å². The Hall–Kier alpha value is -2.44. The van der Waals surface area contributed by atoms with Gasteiger partial charge in [0, 0.05) is 10.6 Å². The van der Waals surface area contributed by atoms with Gasteiger partial charge < -0.3 is 0 Å². The highest BCUT2D eigenvalue weighted by atomic mass is 31.2. The van der Waals surface area contributed by atoms with E-state index < -0.39 is 7.45 Å². The lowest BCUT2D eigenvalue weighted by atomic mass is 10.1. The highest BCUT2D eigenvalue weighted by molar-refractivity contribution is 7.74. The van der Waals surface area contributed by atoms with E-state index in [1.165, 1.54) is 0 Å². The summed E-state index contributed by atoms with van der Waals surface area (Å²) in [6, 6.07) is 25.6. The van der Waals surface area contributed by atoms with Crippen LogP contribution in [-0.4, -0.2) is 0 Å². The normalized spacial score (nSPS) is 11.9. The van der Waals surface area contributed by atoms with Crippen molar-refractivity contribution in [3.8, 4) is 0 Å². The van der Waals surface area contributed by atoms with Crippen LogP contribution in [0.5, 0.6) is 0 Å². The molecule has 0 aliphatic heterocycles. The van der Waals surface area contributed by atoms with Crippen LogP contribution in [0.15, 0.2) is 84.9 Å². The van der Waals surface area contributed by atoms with E-state index >= 15 is 4.20 Å². The zero-order chi connectivity index (χ0) is 15.9. The fraction of sp³-hybridized carbons (Fsp3) is 0. The predicted molar refractivity (Wildman–Crippen MR) is 95.9 cm³/mol. The lowest BCUT2D eigenvalue weighted by Gasteiger charge is -2.11. The lowest BCUT2D eigenvalue weighted by Crippen LogP contribution is -2.12.